The largest absolute Gasteiger partial charge is 0.337 e. The summed E-state index contributed by atoms with van der Waals surface area (Å²) in [6, 6.07) is 12.9. The highest BCUT2D eigenvalue weighted by Gasteiger charge is 2.30. The molecule has 1 heterocycles. The van der Waals surface area contributed by atoms with E-state index in [0.717, 1.165) is 11.8 Å². The first-order valence-electron chi connectivity index (χ1n) is 9.48. The van der Waals surface area contributed by atoms with Crippen molar-refractivity contribution in [3.8, 4) is 11.8 Å². The molecule has 0 aliphatic rings. The molecule has 1 unspecified atom stereocenters. The molecule has 1 aromatic heterocycles. The van der Waals surface area contributed by atoms with E-state index >= 15 is 0 Å². The van der Waals surface area contributed by atoms with Gasteiger partial charge in [-0.2, -0.15) is 5.26 Å². The molecule has 6 nitrogen and oxygen atoms in total. The number of halogens is 2. The zero-order valence-corrected chi connectivity index (χ0v) is 18.7. The fourth-order valence-electron chi connectivity index (χ4n) is 2.82. The molecule has 160 valence electrons. The van der Waals surface area contributed by atoms with Gasteiger partial charge < -0.3 is 5.32 Å². The summed E-state index contributed by atoms with van der Waals surface area (Å²) in [6.07, 6.45) is 0. The highest BCUT2D eigenvalue weighted by Crippen LogP contribution is 2.24. The number of hydrogen-bond donors (Lipinski definition) is 1. The van der Waals surface area contributed by atoms with Crippen molar-refractivity contribution < 1.29 is 9.18 Å². The van der Waals surface area contributed by atoms with Gasteiger partial charge in [-0.05, 0) is 43.2 Å². The van der Waals surface area contributed by atoms with Crippen molar-refractivity contribution >= 4 is 40.2 Å². The van der Waals surface area contributed by atoms with Crippen molar-refractivity contribution in [1.82, 2.24) is 14.9 Å². The van der Waals surface area contributed by atoms with Gasteiger partial charge in [0.05, 0.1) is 33.4 Å². The Hall–Kier alpha value is -2.89. The quantitative estimate of drug-likeness (QED) is 0.439. The fraction of sp³-hybridized carbons (Fsp3) is 0.273. The van der Waals surface area contributed by atoms with Crippen molar-refractivity contribution in [1.29, 1.82) is 5.26 Å². The number of thioether (sulfide) groups is 1. The predicted octanol–water partition coefficient (Wildman–Crippen LogP) is 4.32. The molecule has 0 aliphatic heterocycles. The summed E-state index contributed by atoms with van der Waals surface area (Å²) in [5.74, 6) is -1.13. The molecule has 0 aliphatic carbocycles. The molecular formula is C22H20ClFN4O2S. The number of carbonyl (C=O) groups excluding carboxylic acids is 1. The summed E-state index contributed by atoms with van der Waals surface area (Å²) >= 11 is 6.97. The first-order valence-corrected chi connectivity index (χ1v) is 10.8. The summed E-state index contributed by atoms with van der Waals surface area (Å²) in [5.41, 5.74) is -0.566. The molecule has 0 fully saturated rings. The number of amides is 1. The van der Waals surface area contributed by atoms with Crippen molar-refractivity contribution in [3.63, 3.8) is 0 Å². The molecule has 9 heteroatoms. The van der Waals surface area contributed by atoms with Crippen molar-refractivity contribution in [2.24, 2.45) is 5.92 Å². The molecule has 0 bridgehead atoms. The van der Waals surface area contributed by atoms with E-state index in [4.69, 9.17) is 11.6 Å². The second kappa shape index (κ2) is 9.08. The monoisotopic (exact) mass is 458 g/mol. The number of carbonyl (C=O) groups is 1. The topological polar surface area (TPSA) is 87.8 Å². The summed E-state index contributed by atoms with van der Waals surface area (Å²) < 4.78 is 15.0. The van der Waals surface area contributed by atoms with Crippen LogP contribution in [-0.4, -0.2) is 26.8 Å². The molecule has 1 N–H and O–H groups in total. The third kappa shape index (κ3) is 4.73. The first kappa shape index (κ1) is 22.8. The second-order valence-electron chi connectivity index (χ2n) is 7.46. The van der Waals surface area contributed by atoms with Crippen LogP contribution in [0.2, 0.25) is 5.02 Å². The van der Waals surface area contributed by atoms with Crippen LogP contribution in [0.15, 0.2) is 52.4 Å². The van der Waals surface area contributed by atoms with Crippen molar-refractivity contribution in [3.05, 3.63) is 63.7 Å². The van der Waals surface area contributed by atoms with Gasteiger partial charge in [-0.25, -0.2) is 9.37 Å². The first-order chi connectivity index (χ1) is 14.7. The number of para-hydroxylation sites is 1. The predicted molar refractivity (Wildman–Crippen MR) is 120 cm³/mol. The van der Waals surface area contributed by atoms with Crippen LogP contribution in [0.25, 0.3) is 16.6 Å². The minimum Gasteiger partial charge on any atom is -0.337 e. The molecular weight excluding hydrogens is 439 g/mol. The van der Waals surface area contributed by atoms with Gasteiger partial charge in [0, 0.05) is 0 Å². The molecule has 1 amide bonds. The average Bonchev–Trinajstić information content (AvgIpc) is 2.74. The molecule has 3 rings (SSSR count). The SMILES string of the molecule is CC(C)C(C)(C#N)NC(=O)CSc1nc2ccccc2c(=O)n1-c1ccc(F)c(Cl)c1. The number of nitriles is 1. The van der Waals surface area contributed by atoms with E-state index in [-0.39, 0.29) is 33.3 Å². The molecule has 1 atom stereocenters. The van der Waals surface area contributed by atoms with Crippen LogP contribution in [0.1, 0.15) is 20.8 Å². The summed E-state index contributed by atoms with van der Waals surface area (Å²) in [4.78, 5) is 30.2. The highest BCUT2D eigenvalue weighted by molar-refractivity contribution is 7.99. The highest BCUT2D eigenvalue weighted by atomic mass is 35.5. The zero-order chi connectivity index (χ0) is 22.8. The van der Waals surface area contributed by atoms with E-state index < -0.39 is 11.4 Å². The van der Waals surface area contributed by atoms with Gasteiger partial charge in [0.2, 0.25) is 5.91 Å². The lowest BCUT2D eigenvalue weighted by Crippen LogP contribution is -2.49. The van der Waals surface area contributed by atoms with Gasteiger partial charge in [0.1, 0.15) is 11.4 Å². The summed E-state index contributed by atoms with van der Waals surface area (Å²) in [6.45, 7) is 5.35. The number of benzene rings is 2. The fourth-order valence-corrected chi connectivity index (χ4v) is 3.81. The Balaban J connectivity index is 2.01. The van der Waals surface area contributed by atoms with Crippen LogP contribution in [0.3, 0.4) is 0 Å². The van der Waals surface area contributed by atoms with Crippen LogP contribution in [0.4, 0.5) is 4.39 Å². The van der Waals surface area contributed by atoms with Gasteiger partial charge in [0.25, 0.3) is 5.56 Å². The Morgan fingerprint density at radius 2 is 2.06 bits per heavy atom. The molecule has 0 radical (unpaired) electrons. The molecule has 3 aromatic rings. The standard InChI is InChI=1S/C22H20ClFN4O2S/c1-13(2)22(3,12-25)27-19(29)11-31-21-26-18-7-5-4-6-15(18)20(30)28(21)14-8-9-17(24)16(23)10-14/h4-10,13H,11H2,1-3H3,(H,27,29). The van der Waals surface area contributed by atoms with Gasteiger partial charge in [0.15, 0.2) is 5.16 Å². The lowest BCUT2D eigenvalue weighted by molar-refractivity contribution is -0.120. The maximum absolute atomic E-state index is 13.7. The Labute approximate surface area is 188 Å². The number of aromatic nitrogens is 2. The number of hydrogen-bond acceptors (Lipinski definition) is 5. The van der Waals surface area contributed by atoms with Crippen LogP contribution in [0.5, 0.6) is 0 Å². The van der Waals surface area contributed by atoms with Gasteiger partial charge in [-0.1, -0.05) is 49.3 Å². The smallest absolute Gasteiger partial charge is 0.266 e. The lowest BCUT2D eigenvalue weighted by Gasteiger charge is -2.27. The normalized spacial score (nSPS) is 13.1. The number of rotatable bonds is 6. The number of nitrogens with one attached hydrogen (secondary N) is 1. The molecule has 0 spiro atoms. The zero-order valence-electron chi connectivity index (χ0n) is 17.1. The van der Waals surface area contributed by atoms with Gasteiger partial charge in [-0.3, -0.25) is 14.2 Å². The van der Waals surface area contributed by atoms with E-state index in [9.17, 15) is 19.2 Å². The third-order valence-electron chi connectivity index (χ3n) is 5.02. The van der Waals surface area contributed by atoms with Crippen LogP contribution in [0, 0.1) is 23.1 Å². The maximum atomic E-state index is 13.7. The minimum absolute atomic E-state index is 0.0658. The van der Waals surface area contributed by atoms with Crippen LogP contribution < -0.4 is 10.9 Å². The summed E-state index contributed by atoms with van der Waals surface area (Å²) in [5, 5.41) is 12.7. The molecule has 2 aromatic carbocycles. The maximum Gasteiger partial charge on any atom is 0.266 e. The Morgan fingerprint density at radius 3 is 2.71 bits per heavy atom. The van der Waals surface area contributed by atoms with E-state index in [0.29, 0.717) is 16.6 Å². The second-order valence-corrected chi connectivity index (χ2v) is 8.81. The van der Waals surface area contributed by atoms with E-state index in [2.05, 4.69) is 16.4 Å². The van der Waals surface area contributed by atoms with E-state index in [1.165, 1.54) is 22.8 Å². The number of nitrogens with zero attached hydrogens (tertiary/aromatic N) is 3. The molecule has 0 saturated carbocycles. The molecule has 0 saturated heterocycles. The third-order valence-corrected chi connectivity index (χ3v) is 6.25. The van der Waals surface area contributed by atoms with Gasteiger partial charge in [-0.15, -0.1) is 0 Å². The minimum atomic E-state index is -1.02. The van der Waals surface area contributed by atoms with E-state index in [1.807, 2.05) is 13.8 Å². The average molecular weight is 459 g/mol. The Kier molecular flexibility index (Phi) is 6.68. The Bertz CT molecular complexity index is 1250. The Morgan fingerprint density at radius 1 is 1.35 bits per heavy atom. The summed E-state index contributed by atoms with van der Waals surface area (Å²) in [7, 11) is 0. The molecule has 31 heavy (non-hydrogen) atoms. The lowest BCUT2D eigenvalue weighted by atomic mass is 9.90. The number of fused-ring (bicyclic) bond motifs is 1. The van der Waals surface area contributed by atoms with Crippen molar-refractivity contribution in [2.75, 3.05) is 5.75 Å². The van der Waals surface area contributed by atoms with Gasteiger partial charge >= 0.3 is 0 Å². The van der Waals surface area contributed by atoms with Crippen LogP contribution in [-0.2, 0) is 4.79 Å². The van der Waals surface area contributed by atoms with Crippen LogP contribution >= 0.6 is 23.4 Å². The van der Waals surface area contributed by atoms with Crippen molar-refractivity contribution in [2.45, 2.75) is 31.5 Å². The van der Waals surface area contributed by atoms with E-state index in [1.54, 1.807) is 31.2 Å².